The van der Waals surface area contributed by atoms with Crippen LogP contribution >= 0.6 is 0 Å². The first-order valence-corrected chi connectivity index (χ1v) is 9.19. The van der Waals surface area contributed by atoms with E-state index in [4.69, 9.17) is 4.74 Å². The van der Waals surface area contributed by atoms with E-state index >= 15 is 0 Å². The van der Waals surface area contributed by atoms with E-state index in [-0.39, 0.29) is 11.8 Å². The Balaban J connectivity index is 2.09. The van der Waals surface area contributed by atoms with Gasteiger partial charge < -0.3 is 19.5 Å². The minimum absolute atomic E-state index is 0.0663. The van der Waals surface area contributed by atoms with Gasteiger partial charge in [0.2, 0.25) is 5.91 Å². The zero-order valence-electron chi connectivity index (χ0n) is 16.0. The molecule has 1 aromatic carbocycles. The highest BCUT2D eigenvalue weighted by atomic mass is 16.5. The van der Waals surface area contributed by atoms with E-state index in [2.05, 4.69) is 19.2 Å². The van der Waals surface area contributed by atoms with E-state index in [1.54, 1.807) is 12.0 Å². The molecule has 0 atom stereocenters. The fourth-order valence-electron chi connectivity index (χ4n) is 3.51. The molecular weight excluding hydrogens is 330 g/mol. The van der Waals surface area contributed by atoms with Gasteiger partial charge in [0.25, 0.3) is 5.91 Å². The monoisotopic (exact) mass is 357 g/mol. The lowest BCUT2D eigenvalue weighted by Crippen LogP contribution is -2.31. The number of aromatic nitrogens is 1. The van der Waals surface area contributed by atoms with Crippen molar-refractivity contribution in [2.24, 2.45) is 13.0 Å². The standard InChI is InChI=1S/C20H27N3O3/c1-13(2)9-10-21-20(25)19-18(23-11-5-6-17(23)24)15-12-14(26-4)7-8-16(15)22(19)3/h7-8,12-13H,5-6,9-11H2,1-4H3,(H,21,25). The second-order valence-electron chi connectivity index (χ2n) is 7.23. The Hall–Kier alpha value is -2.50. The molecule has 1 aliphatic rings. The summed E-state index contributed by atoms with van der Waals surface area (Å²) in [5.74, 6) is 1.16. The van der Waals surface area contributed by atoms with Gasteiger partial charge in [0.1, 0.15) is 11.4 Å². The summed E-state index contributed by atoms with van der Waals surface area (Å²) in [7, 11) is 3.49. The molecule has 140 valence electrons. The number of ether oxygens (including phenoxy) is 1. The predicted molar refractivity (Wildman–Crippen MR) is 103 cm³/mol. The minimum Gasteiger partial charge on any atom is -0.497 e. The zero-order chi connectivity index (χ0) is 18.8. The lowest BCUT2D eigenvalue weighted by atomic mass is 10.1. The molecule has 1 fully saturated rings. The summed E-state index contributed by atoms with van der Waals surface area (Å²) in [6.45, 7) is 5.52. The minimum atomic E-state index is -0.141. The van der Waals surface area contributed by atoms with Crippen LogP contribution in [0.3, 0.4) is 0 Å². The van der Waals surface area contributed by atoms with Crippen LogP contribution in [0, 0.1) is 5.92 Å². The van der Waals surface area contributed by atoms with Gasteiger partial charge in [-0.25, -0.2) is 0 Å². The second kappa shape index (κ2) is 7.40. The smallest absolute Gasteiger partial charge is 0.270 e. The summed E-state index contributed by atoms with van der Waals surface area (Å²) < 4.78 is 7.23. The van der Waals surface area contributed by atoms with Crippen LogP contribution in [0.2, 0.25) is 0 Å². The molecule has 0 aliphatic carbocycles. The fraction of sp³-hybridized carbons (Fsp3) is 0.500. The third kappa shape index (κ3) is 3.28. The number of amides is 2. The van der Waals surface area contributed by atoms with E-state index in [9.17, 15) is 9.59 Å². The van der Waals surface area contributed by atoms with Gasteiger partial charge in [-0.05, 0) is 37.0 Å². The number of benzene rings is 1. The van der Waals surface area contributed by atoms with Crippen molar-refractivity contribution in [1.29, 1.82) is 0 Å². The van der Waals surface area contributed by atoms with Crippen LogP contribution < -0.4 is 15.0 Å². The highest BCUT2D eigenvalue weighted by Crippen LogP contribution is 2.37. The van der Waals surface area contributed by atoms with Crippen molar-refractivity contribution in [1.82, 2.24) is 9.88 Å². The van der Waals surface area contributed by atoms with Gasteiger partial charge in [0.05, 0.1) is 18.3 Å². The molecule has 2 aromatic rings. The Labute approximate surface area is 154 Å². The quantitative estimate of drug-likeness (QED) is 0.864. The topological polar surface area (TPSA) is 63.6 Å². The van der Waals surface area contributed by atoms with Crippen LogP contribution in [0.1, 0.15) is 43.6 Å². The summed E-state index contributed by atoms with van der Waals surface area (Å²) in [5.41, 5.74) is 2.15. The number of carbonyl (C=O) groups is 2. The molecule has 3 rings (SSSR count). The lowest BCUT2D eigenvalue weighted by Gasteiger charge is -2.18. The molecule has 2 heterocycles. The third-order valence-corrected chi connectivity index (χ3v) is 4.95. The first kappa shape index (κ1) is 18.3. The number of carbonyl (C=O) groups excluding carboxylic acids is 2. The van der Waals surface area contributed by atoms with Crippen LogP contribution in [0.25, 0.3) is 10.9 Å². The first-order chi connectivity index (χ1) is 12.4. The maximum atomic E-state index is 13.0. The molecule has 1 aliphatic heterocycles. The molecule has 0 bridgehead atoms. The van der Waals surface area contributed by atoms with E-state index in [1.165, 1.54) is 0 Å². The molecule has 1 saturated heterocycles. The molecule has 0 radical (unpaired) electrons. The largest absolute Gasteiger partial charge is 0.497 e. The molecule has 1 N–H and O–H groups in total. The first-order valence-electron chi connectivity index (χ1n) is 9.19. The number of nitrogens with one attached hydrogen (secondary N) is 1. The number of rotatable bonds is 6. The number of methoxy groups -OCH3 is 1. The maximum absolute atomic E-state index is 13.0. The van der Waals surface area contributed by atoms with Crippen LogP contribution in [-0.4, -0.2) is 36.6 Å². The average Bonchev–Trinajstić information content (AvgIpc) is 3.15. The molecule has 6 nitrogen and oxygen atoms in total. The van der Waals surface area contributed by atoms with Gasteiger partial charge in [0, 0.05) is 31.9 Å². The SMILES string of the molecule is COc1ccc2c(c1)c(N1CCCC1=O)c(C(=O)NCCC(C)C)n2C. The summed E-state index contributed by atoms with van der Waals surface area (Å²) in [4.78, 5) is 27.1. The molecule has 0 spiro atoms. The van der Waals surface area contributed by atoms with Gasteiger partial charge in [-0.1, -0.05) is 13.8 Å². The molecule has 6 heteroatoms. The number of hydrogen-bond donors (Lipinski definition) is 1. The predicted octanol–water partition coefficient (Wildman–Crippen LogP) is 3.09. The van der Waals surface area contributed by atoms with Crippen molar-refractivity contribution in [3.63, 3.8) is 0 Å². The zero-order valence-corrected chi connectivity index (χ0v) is 16.0. The Bertz CT molecular complexity index is 838. The highest BCUT2D eigenvalue weighted by molar-refractivity contribution is 6.14. The normalized spacial score (nSPS) is 14.5. The molecule has 0 unspecified atom stereocenters. The van der Waals surface area contributed by atoms with Crippen molar-refractivity contribution >= 4 is 28.4 Å². The van der Waals surface area contributed by atoms with Gasteiger partial charge >= 0.3 is 0 Å². The number of nitrogens with zero attached hydrogens (tertiary/aromatic N) is 2. The molecule has 26 heavy (non-hydrogen) atoms. The van der Waals surface area contributed by atoms with Gasteiger partial charge in [-0.15, -0.1) is 0 Å². The van der Waals surface area contributed by atoms with Crippen molar-refractivity contribution in [3.8, 4) is 5.75 Å². The van der Waals surface area contributed by atoms with Crippen LogP contribution in [0.15, 0.2) is 18.2 Å². The number of hydrogen-bond acceptors (Lipinski definition) is 3. The number of fused-ring (bicyclic) bond motifs is 1. The third-order valence-electron chi connectivity index (χ3n) is 4.95. The average molecular weight is 357 g/mol. The van der Waals surface area contributed by atoms with E-state index in [0.717, 1.165) is 23.7 Å². The van der Waals surface area contributed by atoms with Crippen molar-refractivity contribution < 1.29 is 14.3 Å². The van der Waals surface area contributed by atoms with Gasteiger partial charge in [-0.3, -0.25) is 9.59 Å². The van der Waals surface area contributed by atoms with Crippen LogP contribution in [0.4, 0.5) is 5.69 Å². The summed E-state index contributed by atoms with van der Waals surface area (Å²) >= 11 is 0. The molecule has 1 aromatic heterocycles. The van der Waals surface area contributed by atoms with Crippen LogP contribution in [0.5, 0.6) is 5.75 Å². The van der Waals surface area contributed by atoms with E-state index < -0.39 is 0 Å². The van der Waals surface area contributed by atoms with E-state index in [1.807, 2.05) is 29.8 Å². The van der Waals surface area contributed by atoms with Gasteiger partial charge in [-0.2, -0.15) is 0 Å². The number of aryl methyl sites for hydroxylation is 1. The molecule has 2 amide bonds. The summed E-state index contributed by atoms with van der Waals surface area (Å²) in [6.07, 6.45) is 2.25. The second-order valence-corrected chi connectivity index (χ2v) is 7.23. The summed E-state index contributed by atoms with van der Waals surface area (Å²) in [5, 5.41) is 3.88. The lowest BCUT2D eigenvalue weighted by molar-refractivity contribution is -0.117. The van der Waals surface area contributed by atoms with E-state index in [0.29, 0.717) is 42.6 Å². The summed E-state index contributed by atoms with van der Waals surface area (Å²) in [6, 6.07) is 5.71. The van der Waals surface area contributed by atoms with Crippen molar-refractivity contribution in [2.45, 2.75) is 33.1 Å². The molecular formula is C20H27N3O3. The number of anilines is 1. The maximum Gasteiger partial charge on any atom is 0.270 e. The Morgan fingerprint density at radius 2 is 2.12 bits per heavy atom. The van der Waals surface area contributed by atoms with Crippen molar-refractivity contribution in [2.75, 3.05) is 25.1 Å². The Morgan fingerprint density at radius 3 is 2.73 bits per heavy atom. The fourth-order valence-corrected chi connectivity index (χ4v) is 3.51. The Kier molecular flexibility index (Phi) is 5.20. The Morgan fingerprint density at radius 1 is 1.35 bits per heavy atom. The van der Waals surface area contributed by atoms with Gasteiger partial charge in [0.15, 0.2) is 0 Å². The highest BCUT2D eigenvalue weighted by Gasteiger charge is 2.31. The van der Waals surface area contributed by atoms with Crippen molar-refractivity contribution in [3.05, 3.63) is 23.9 Å². The van der Waals surface area contributed by atoms with Crippen LogP contribution in [-0.2, 0) is 11.8 Å². The molecule has 0 saturated carbocycles.